The Kier molecular flexibility index (Phi) is 5.02. The van der Waals surface area contributed by atoms with Crippen molar-refractivity contribution < 1.29 is 18.8 Å². The van der Waals surface area contributed by atoms with Gasteiger partial charge in [0.25, 0.3) is 0 Å². The number of methoxy groups -OCH3 is 1. The summed E-state index contributed by atoms with van der Waals surface area (Å²) < 4.78 is 10.1. The number of nitrogens with zero attached hydrogens (tertiary/aromatic N) is 2. The molecule has 1 aromatic heterocycles. The van der Waals surface area contributed by atoms with Gasteiger partial charge in [-0.05, 0) is 43.5 Å². The lowest BCUT2D eigenvalue weighted by Gasteiger charge is -2.23. The molecule has 0 saturated carbocycles. The Morgan fingerprint density at radius 2 is 2.12 bits per heavy atom. The fourth-order valence-corrected chi connectivity index (χ4v) is 2.96. The maximum Gasteiger partial charge on any atom is 0.337 e. The first-order chi connectivity index (χ1) is 12.1. The largest absolute Gasteiger partial charge is 0.465 e. The van der Waals surface area contributed by atoms with Gasteiger partial charge in [0.15, 0.2) is 5.76 Å². The lowest BCUT2D eigenvalue weighted by atomic mass is 10.1. The van der Waals surface area contributed by atoms with E-state index in [1.54, 1.807) is 29.2 Å². The molecule has 25 heavy (non-hydrogen) atoms. The molecule has 132 valence electrons. The van der Waals surface area contributed by atoms with E-state index in [4.69, 9.17) is 4.52 Å². The van der Waals surface area contributed by atoms with E-state index >= 15 is 0 Å². The monoisotopic (exact) mass is 343 g/mol. The van der Waals surface area contributed by atoms with Gasteiger partial charge in [0, 0.05) is 18.3 Å². The number of benzene rings is 1. The van der Waals surface area contributed by atoms with Crippen LogP contribution < -0.4 is 5.32 Å². The van der Waals surface area contributed by atoms with Gasteiger partial charge in [-0.1, -0.05) is 12.1 Å². The molecular formula is C18H21N3O4. The summed E-state index contributed by atoms with van der Waals surface area (Å²) in [6.45, 7) is 2.68. The van der Waals surface area contributed by atoms with Crippen molar-refractivity contribution in [2.75, 3.05) is 19.0 Å². The maximum absolute atomic E-state index is 12.6. The summed E-state index contributed by atoms with van der Waals surface area (Å²) >= 11 is 0. The van der Waals surface area contributed by atoms with Gasteiger partial charge in [0.2, 0.25) is 0 Å². The molecular weight excluding hydrogens is 322 g/mol. The molecule has 1 aliphatic heterocycles. The van der Waals surface area contributed by atoms with Gasteiger partial charge in [-0.3, -0.25) is 0 Å². The number of nitrogens with one attached hydrogen (secondary N) is 1. The predicted molar refractivity (Wildman–Crippen MR) is 91.4 cm³/mol. The lowest BCUT2D eigenvalue weighted by molar-refractivity contribution is 0.0600. The lowest BCUT2D eigenvalue weighted by Crippen LogP contribution is -2.34. The summed E-state index contributed by atoms with van der Waals surface area (Å²) in [5.41, 5.74) is 1.95. The van der Waals surface area contributed by atoms with Crippen molar-refractivity contribution >= 4 is 17.7 Å². The van der Waals surface area contributed by atoms with E-state index in [0.717, 1.165) is 30.7 Å². The number of carbonyl (C=O) groups excluding carboxylic acids is 2. The van der Waals surface area contributed by atoms with Crippen LogP contribution in [-0.4, -0.2) is 35.7 Å². The van der Waals surface area contributed by atoms with Gasteiger partial charge >= 0.3 is 12.0 Å². The van der Waals surface area contributed by atoms with Gasteiger partial charge in [-0.25, -0.2) is 9.59 Å². The molecule has 2 aromatic rings. The van der Waals surface area contributed by atoms with Crippen LogP contribution >= 0.6 is 0 Å². The fraction of sp³-hybridized carbons (Fsp3) is 0.389. The van der Waals surface area contributed by atoms with Crippen LogP contribution in [-0.2, 0) is 11.2 Å². The maximum atomic E-state index is 12.6. The number of rotatable bonds is 4. The van der Waals surface area contributed by atoms with Crippen molar-refractivity contribution in [2.24, 2.45) is 0 Å². The highest BCUT2D eigenvalue weighted by molar-refractivity contribution is 5.92. The van der Waals surface area contributed by atoms with Crippen LogP contribution in [0, 0.1) is 0 Å². The molecule has 1 fully saturated rings. The summed E-state index contributed by atoms with van der Waals surface area (Å²) in [5, 5.41) is 6.88. The first-order valence-electron chi connectivity index (χ1n) is 8.34. The summed E-state index contributed by atoms with van der Waals surface area (Å²) in [7, 11) is 1.33. The molecule has 1 saturated heterocycles. The molecule has 7 nitrogen and oxygen atoms in total. The number of anilines is 1. The zero-order chi connectivity index (χ0) is 17.8. The zero-order valence-corrected chi connectivity index (χ0v) is 14.3. The van der Waals surface area contributed by atoms with Crippen LogP contribution in [0.3, 0.4) is 0 Å². The average molecular weight is 343 g/mol. The Balaban J connectivity index is 1.68. The molecule has 0 unspecified atom stereocenters. The smallest absolute Gasteiger partial charge is 0.337 e. The fourth-order valence-electron chi connectivity index (χ4n) is 2.96. The van der Waals surface area contributed by atoms with E-state index in [1.165, 1.54) is 7.11 Å². The topological polar surface area (TPSA) is 84.7 Å². The predicted octanol–water partition coefficient (Wildman–Crippen LogP) is 3.39. The third-order valence-corrected chi connectivity index (χ3v) is 4.34. The molecule has 1 atom stereocenters. The number of amides is 2. The minimum absolute atomic E-state index is 0.0952. The number of aromatic nitrogens is 1. The number of likely N-dealkylation sites (tertiary alicyclic amines) is 1. The Hall–Kier alpha value is -2.83. The SMILES string of the molecule is CCc1cc([C@H]2CCCN2C(=O)Nc2ccc(C(=O)OC)cc2)on1. The van der Waals surface area contributed by atoms with E-state index in [2.05, 4.69) is 15.2 Å². The van der Waals surface area contributed by atoms with Gasteiger partial charge in [-0.15, -0.1) is 0 Å². The van der Waals surface area contributed by atoms with Gasteiger partial charge in [0.1, 0.15) is 0 Å². The first-order valence-corrected chi connectivity index (χ1v) is 8.34. The Labute approximate surface area is 145 Å². The quantitative estimate of drug-likeness (QED) is 0.860. The normalized spacial score (nSPS) is 16.7. The van der Waals surface area contributed by atoms with E-state index in [-0.39, 0.29) is 12.1 Å². The number of ether oxygens (including phenoxy) is 1. The molecule has 2 heterocycles. The number of hydrogen-bond acceptors (Lipinski definition) is 5. The third kappa shape index (κ3) is 3.65. The van der Waals surface area contributed by atoms with Crippen LogP contribution in [0.5, 0.6) is 0 Å². The molecule has 2 amide bonds. The number of hydrogen-bond donors (Lipinski definition) is 1. The highest BCUT2D eigenvalue weighted by Crippen LogP contribution is 2.32. The molecule has 1 aliphatic rings. The highest BCUT2D eigenvalue weighted by atomic mass is 16.5. The van der Waals surface area contributed by atoms with E-state index < -0.39 is 5.97 Å². The van der Waals surface area contributed by atoms with Crippen molar-refractivity contribution in [3.63, 3.8) is 0 Å². The second-order valence-corrected chi connectivity index (χ2v) is 5.92. The zero-order valence-electron chi connectivity index (χ0n) is 14.3. The highest BCUT2D eigenvalue weighted by Gasteiger charge is 2.32. The number of esters is 1. The Morgan fingerprint density at radius 3 is 2.76 bits per heavy atom. The van der Waals surface area contributed by atoms with Crippen LogP contribution in [0.4, 0.5) is 10.5 Å². The second kappa shape index (κ2) is 7.38. The standard InChI is InChI=1S/C18H21N3O4/c1-3-13-11-16(25-20-13)15-5-4-10-21(15)18(23)19-14-8-6-12(7-9-14)17(22)24-2/h6-9,11,15H,3-5,10H2,1-2H3,(H,19,23)/t15-/m1/s1. The Bertz CT molecular complexity index is 754. The molecule has 0 bridgehead atoms. The number of urea groups is 1. The van der Waals surface area contributed by atoms with E-state index in [1.807, 2.05) is 13.0 Å². The molecule has 0 spiro atoms. The molecule has 0 aliphatic carbocycles. The van der Waals surface area contributed by atoms with Crippen molar-refractivity contribution in [3.8, 4) is 0 Å². The molecule has 7 heteroatoms. The number of aryl methyl sites for hydroxylation is 1. The van der Waals surface area contributed by atoms with Gasteiger partial charge in [-0.2, -0.15) is 0 Å². The molecule has 1 N–H and O–H groups in total. The van der Waals surface area contributed by atoms with Crippen LogP contribution in [0.1, 0.15) is 47.6 Å². The van der Waals surface area contributed by atoms with E-state index in [0.29, 0.717) is 17.8 Å². The minimum Gasteiger partial charge on any atom is -0.465 e. The van der Waals surface area contributed by atoms with Gasteiger partial charge in [0.05, 0.1) is 24.4 Å². The molecule has 3 rings (SSSR count). The third-order valence-electron chi connectivity index (χ3n) is 4.34. The van der Waals surface area contributed by atoms with Crippen molar-refractivity contribution in [1.29, 1.82) is 0 Å². The van der Waals surface area contributed by atoms with E-state index in [9.17, 15) is 9.59 Å². The summed E-state index contributed by atoms with van der Waals surface area (Å²) in [6.07, 6.45) is 2.57. The van der Waals surface area contributed by atoms with Crippen LogP contribution in [0.2, 0.25) is 0 Å². The van der Waals surface area contributed by atoms with Gasteiger partial charge < -0.3 is 19.5 Å². The Morgan fingerprint density at radius 1 is 1.36 bits per heavy atom. The summed E-state index contributed by atoms with van der Waals surface area (Å²) in [5.74, 6) is 0.320. The number of carbonyl (C=O) groups is 2. The van der Waals surface area contributed by atoms with Crippen LogP contribution in [0.25, 0.3) is 0 Å². The minimum atomic E-state index is -0.408. The van der Waals surface area contributed by atoms with Crippen molar-refractivity contribution in [2.45, 2.75) is 32.2 Å². The van der Waals surface area contributed by atoms with Crippen molar-refractivity contribution in [3.05, 3.63) is 47.3 Å². The van der Waals surface area contributed by atoms with Crippen molar-refractivity contribution in [1.82, 2.24) is 10.1 Å². The molecule has 1 aromatic carbocycles. The first kappa shape index (κ1) is 17.0. The second-order valence-electron chi connectivity index (χ2n) is 5.92. The van der Waals surface area contributed by atoms with Crippen LogP contribution in [0.15, 0.2) is 34.9 Å². The average Bonchev–Trinajstić information content (AvgIpc) is 3.30. The summed E-state index contributed by atoms with van der Waals surface area (Å²) in [6, 6.07) is 8.23. The summed E-state index contributed by atoms with van der Waals surface area (Å²) in [4.78, 5) is 25.8. The molecule has 0 radical (unpaired) electrons.